The molecule has 0 amide bonds. The summed E-state index contributed by atoms with van der Waals surface area (Å²) in [5.74, 6) is 0.678. The first-order valence-corrected chi connectivity index (χ1v) is 9.97. The second-order valence-electron chi connectivity index (χ2n) is 7.48. The topological polar surface area (TPSA) is 72.2 Å². The summed E-state index contributed by atoms with van der Waals surface area (Å²) in [6.45, 7) is 4.01. The molecule has 0 radical (unpaired) electrons. The zero-order valence-electron chi connectivity index (χ0n) is 16.8. The Morgan fingerprint density at radius 2 is 1.90 bits per heavy atom. The van der Waals surface area contributed by atoms with E-state index in [1.165, 1.54) is 0 Å². The Bertz CT molecular complexity index is 1340. The van der Waals surface area contributed by atoms with Crippen LogP contribution in [0.4, 0.5) is 11.5 Å². The lowest BCUT2D eigenvalue weighted by molar-refractivity contribution is 0.772. The smallest absolute Gasteiger partial charge is 0.263 e. The fourth-order valence-electron chi connectivity index (χ4n) is 4.03. The van der Waals surface area contributed by atoms with Crippen molar-refractivity contribution in [3.63, 3.8) is 0 Å². The lowest BCUT2D eigenvalue weighted by atomic mass is 10.0. The zero-order chi connectivity index (χ0) is 20.7. The zero-order valence-corrected chi connectivity index (χ0v) is 16.8. The summed E-state index contributed by atoms with van der Waals surface area (Å²) >= 11 is 0. The second kappa shape index (κ2) is 7.22. The Balaban J connectivity index is 1.69. The Hall–Kier alpha value is -3.80. The molecular formula is C24H21N5O. The van der Waals surface area contributed by atoms with Crippen LogP contribution < -0.4 is 10.9 Å². The van der Waals surface area contributed by atoms with Gasteiger partial charge < -0.3 is 5.32 Å². The van der Waals surface area contributed by atoms with Gasteiger partial charge in [0.1, 0.15) is 12.0 Å². The monoisotopic (exact) mass is 395 g/mol. The van der Waals surface area contributed by atoms with Crippen LogP contribution in [0, 0.1) is 6.92 Å². The number of aryl methyl sites for hydroxylation is 1. The van der Waals surface area contributed by atoms with E-state index in [0.29, 0.717) is 12.2 Å². The molecule has 4 aromatic rings. The van der Waals surface area contributed by atoms with Gasteiger partial charge in [-0.15, -0.1) is 0 Å². The van der Waals surface area contributed by atoms with Gasteiger partial charge in [0, 0.05) is 24.0 Å². The number of rotatable bonds is 4. The van der Waals surface area contributed by atoms with Gasteiger partial charge in [-0.25, -0.2) is 9.97 Å². The second-order valence-corrected chi connectivity index (χ2v) is 7.48. The predicted molar refractivity (Wildman–Crippen MR) is 120 cm³/mol. The van der Waals surface area contributed by atoms with Crippen molar-refractivity contribution in [2.45, 2.75) is 26.3 Å². The van der Waals surface area contributed by atoms with E-state index in [0.717, 1.165) is 39.1 Å². The average Bonchev–Trinajstić information content (AvgIpc) is 3.24. The summed E-state index contributed by atoms with van der Waals surface area (Å²) in [7, 11) is 0. The van der Waals surface area contributed by atoms with Gasteiger partial charge in [0.25, 0.3) is 5.56 Å². The van der Waals surface area contributed by atoms with Gasteiger partial charge >= 0.3 is 0 Å². The highest BCUT2D eigenvalue weighted by Gasteiger charge is 2.20. The van der Waals surface area contributed by atoms with E-state index < -0.39 is 0 Å². The largest absolute Gasteiger partial charge is 0.360 e. The first kappa shape index (κ1) is 18.2. The summed E-state index contributed by atoms with van der Waals surface area (Å²) in [4.78, 5) is 26.7. The van der Waals surface area contributed by atoms with Gasteiger partial charge in [0.05, 0.1) is 17.1 Å². The van der Waals surface area contributed by atoms with Crippen LogP contribution in [-0.2, 0) is 6.42 Å². The van der Waals surface area contributed by atoms with Crippen LogP contribution in [0.25, 0.3) is 16.5 Å². The Morgan fingerprint density at radius 3 is 2.73 bits per heavy atom. The fourth-order valence-corrected chi connectivity index (χ4v) is 4.03. The van der Waals surface area contributed by atoms with Gasteiger partial charge in [0.15, 0.2) is 5.82 Å². The Kier molecular flexibility index (Phi) is 4.39. The number of anilines is 1. The van der Waals surface area contributed by atoms with Gasteiger partial charge in [-0.2, -0.15) is 0 Å². The number of hydrogen-bond donors (Lipinski definition) is 1. The minimum atomic E-state index is -0.183. The lowest BCUT2D eigenvalue weighted by Crippen LogP contribution is -2.26. The van der Waals surface area contributed by atoms with Crippen molar-refractivity contribution < 1.29 is 0 Å². The van der Waals surface area contributed by atoms with E-state index in [1.54, 1.807) is 10.9 Å². The third-order valence-corrected chi connectivity index (χ3v) is 5.50. The van der Waals surface area contributed by atoms with E-state index in [-0.39, 0.29) is 11.6 Å². The Morgan fingerprint density at radius 1 is 1.07 bits per heavy atom. The number of para-hydroxylation sites is 1. The summed E-state index contributed by atoms with van der Waals surface area (Å²) in [5.41, 5.74) is 4.33. The van der Waals surface area contributed by atoms with Crippen molar-refractivity contribution in [2.24, 2.45) is 4.99 Å². The molecule has 1 aliphatic heterocycles. The highest BCUT2D eigenvalue weighted by atomic mass is 16.1. The molecule has 5 rings (SSSR count). The molecule has 2 aromatic heterocycles. The number of benzene rings is 2. The molecule has 30 heavy (non-hydrogen) atoms. The first-order valence-electron chi connectivity index (χ1n) is 9.97. The normalized spacial score (nSPS) is 13.4. The number of fused-ring (bicyclic) bond motifs is 2. The SMILES string of the molecule is Cc1cccc2cc([C@H](C)Nc3ncnc4c3N=CC4)n(-c3ccccc3)c(=O)c12. The number of aliphatic imine (C=N–C) groups is 1. The van der Waals surface area contributed by atoms with Gasteiger partial charge in [-0.05, 0) is 43.0 Å². The minimum Gasteiger partial charge on any atom is -0.360 e. The first-order chi connectivity index (χ1) is 14.6. The maximum Gasteiger partial charge on any atom is 0.263 e. The molecule has 1 N–H and O–H groups in total. The average molecular weight is 395 g/mol. The summed E-state index contributed by atoms with van der Waals surface area (Å²) in [6, 6.07) is 17.6. The molecule has 1 aliphatic rings. The van der Waals surface area contributed by atoms with Gasteiger partial charge in [-0.1, -0.05) is 36.4 Å². The Labute approximate surface area is 174 Å². The molecule has 6 nitrogen and oxygen atoms in total. The van der Waals surface area contributed by atoms with E-state index in [1.807, 2.05) is 68.6 Å². The molecule has 0 spiro atoms. The molecule has 0 saturated heterocycles. The van der Waals surface area contributed by atoms with Crippen molar-refractivity contribution in [3.05, 3.63) is 88.2 Å². The molecule has 1 atom stereocenters. The quantitative estimate of drug-likeness (QED) is 0.551. The molecule has 0 unspecified atom stereocenters. The summed E-state index contributed by atoms with van der Waals surface area (Å²) in [6.07, 6.45) is 4.11. The minimum absolute atomic E-state index is 0.0219. The molecule has 0 aliphatic carbocycles. The molecule has 0 fully saturated rings. The van der Waals surface area contributed by atoms with Crippen molar-refractivity contribution in [3.8, 4) is 5.69 Å². The molecule has 148 valence electrons. The molecule has 2 aromatic carbocycles. The van der Waals surface area contributed by atoms with Crippen LogP contribution in [0.2, 0.25) is 0 Å². The van der Waals surface area contributed by atoms with E-state index in [4.69, 9.17) is 0 Å². The van der Waals surface area contributed by atoms with E-state index in [2.05, 4.69) is 26.3 Å². The summed E-state index contributed by atoms with van der Waals surface area (Å²) < 4.78 is 1.79. The lowest BCUT2D eigenvalue weighted by Gasteiger charge is -2.22. The van der Waals surface area contributed by atoms with Crippen molar-refractivity contribution in [1.29, 1.82) is 0 Å². The van der Waals surface area contributed by atoms with Crippen molar-refractivity contribution >= 4 is 28.5 Å². The predicted octanol–water partition coefficient (Wildman–Crippen LogP) is 4.52. The number of nitrogens with zero attached hydrogens (tertiary/aromatic N) is 4. The standard InChI is InChI=1S/C24H21N5O/c1-15-7-6-8-17-13-20(29(24(30)21(15)17)18-9-4-3-5-10-18)16(2)28-23-22-19(11-12-25-22)26-14-27-23/h3-10,12-14,16H,11H2,1-2H3,(H,26,27,28)/t16-/m0/s1. The fraction of sp³-hybridized carbons (Fsp3) is 0.167. The number of aromatic nitrogens is 3. The van der Waals surface area contributed by atoms with E-state index in [9.17, 15) is 4.79 Å². The third-order valence-electron chi connectivity index (χ3n) is 5.50. The van der Waals surface area contributed by atoms with E-state index >= 15 is 0 Å². The van der Waals surface area contributed by atoms with Crippen molar-refractivity contribution in [2.75, 3.05) is 5.32 Å². The van der Waals surface area contributed by atoms with Crippen LogP contribution in [-0.4, -0.2) is 20.7 Å². The van der Waals surface area contributed by atoms with Gasteiger partial charge in [-0.3, -0.25) is 14.4 Å². The highest BCUT2D eigenvalue weighted by Crippen LogP contribution is 2.32. The molecule has 6 heteroatoms. The van der Waals surface area contributed by atoms with Crippen LogP contribution in [0.5, 0.6) is 0 Å². The van der Waals surface area contributed by atoms with Crippen LogP contribution in [0.1, 0.15) is 29.9 Å². The molecule has 3 heterocycles. The third kappa shape index (κ3) is 2.97. The molecule has 0 saturated carbocycles. The maximum absolute atomic E-state index is 13.6. The maximum atomic E-state index is 13.6. The van der Waals surface area contributed by atoms with Crippen molar-refractivity contribution in [1.82, 2.24) is 14.5 Å². The molecular weight excluding hydrogens is 374 g/mol. The number of nitrogens with one attached hydrogen (secondary N) is 1. The molecule has 0 bridgehead atoms. The van der Waals surface area contributed by atoms with Gasteiger partial charge in [0.2, 0.25) is 0 Å². The highest BCUT2D eigenvalue weighted by molar-refractivity contribution is 5.86. The number of pyridine rings is 1. The van der Waals surface area contributed by atoms with Crippen LogP contribution in [0.3, 0.4) is 0 Å². The summed E-state index contributed by atoms with van der Waals surface area (Å²) in [5, 5.41) is 5.12. The van der Waals surface area contributed by atoms with Crippen LogP contribution >= 0.6 is 0 Å². The van der Waals surface area contributed by atoms with Crippen LogP contribution in [0.15, 0.2) is 70.7 Å². The number of hydrogen-bond acceptors (Lipinski definition) is 5.